The summed E-state index contributed by atoms with van der Waals surface area (Å²) in [5.74, 6) is -2.23. The fourth-order valence-corrected chi connectivity index (χ4v) is 2.60. The Bertz CT molecular complexity index is 865. The van der Waals surface area contributed by atoms with Crippen LogP contribution in [-0.2, 0) is 0 Å². The second kappa shape index (κ2) is 4.64. The molecule has 0 aliphatic rings. The lowest BCUT2D eigenvalue weighted by molar-refractivity contribution is 0.590. The van der Waals surface area contributed by atoms with Crippen LogP contribution < -0.4 is 0 Å². The van der Waals surface area contributed by atoms with Gasteiger partial charge in [0.15, 0.2) is 10.6 Å². The highest BCUT2D eigenvalue weighted by molar-refractivity contribution is 7.71. The second-order valence-electron chi connectivity index (χ2n) is 4.12. The molecule has 0 atom stereocenters. The first-order valence-corrected chi connectivity index (χ1v) is 6.32. The Kier molecular flexibility index (Phi) is 3.07. The van der Waals surface area contributed by atoms with Gasteiger partial charge in [-0.25, -0.2) is 13.2 Å². The van der Waals surface area contributed by atoms with Crippen LogP contribution in [0.25, 0.3) is 16.7 Å². The van der Waals surface area contributed by atoms with Gasteiger partial charge in [0, 0.05) is 12.1 Å². The van der Waals surface area contributed by atoms with E-state index in [4.69, 9.17) is 23.8 Å². The molecule has 20 heavy (non-hydrogen) atoms. The van der Waals surface area contributed by atoms with Crippen LogP contribution in [0.3, 0.4) is 0 Å². The molecule has 2 aromatic carbocycles. The van der Waals surface area contributed by atoms with Crippen molar-refractivity contribution in [1.29, 1.82) is 0 Å². The Balaban J connectivity index is 2.49. The number of nitrogens with one attached hydrogen (secondary N) is 1. The predicted octanol–water partition coefficient (Wildman–Crippen LogP) is 4.76. The Morgan fingerprint density at radius 3 is 2.55 bits per heavy atom. The molecule has 1 heterocycles. The van der Waals surface area contributed by atoms with Crippen molar-refractivity contribution in [2.75, 3.05) is 0 Å². The Labute approximate surface area is 121 Å². The van der Waals surface area contributed by atoms with Gasteiger partial charge in [0.05, 0.1) is 10.5 Å². The van der Waals surface area contributed by atoms with Gasteiger partial charge < -0.3 is 4.98 Å². The summed E-state index contributed by atoms with van der Waals surface area (Å²) in [6, 6.07) is 5.88. The van der Waals surface area contributed by atoms with E-state index in [-0.39, 0.29) is 26.5 Å². The molecule has 0 aliphatic carbocycles. The average molecular weight is 315 g/mol. The predicted molar refractivity (Wildman–Crippen MR) is 73.3 cm³/mol. The van der Waals surface area contributed by atoms with Gasteiger partial charge in [-0.05, 0) is 24.4 Å². The number of para-hydroxylation sites is 1. The first-order chi connectivity index (χ1) is 9.49. The maximum atomic E-state index is 14.0. The number of nitrogens with zero attached hydrogens (tertiary/aromatic N) is 1. The number of benzene rings is 2. The maximum absolute atomic E-state index is 14.0. The van der Waals surface area contributed by atoms with E-state index >= 15 is 0 Å². The highest BCUT2D eigenvalue weighted by Crippen LogP contribution is 2.29. The van der Waals surface area contributed by atoms with Crippen LogP contribution in [0.1, 0.15) is 0 Å². The van der Waals surface area contributed by atoms with Gasteiger partial charge in [-0.1, -0.05) is 17.7 Å². The molecule has 0 saturated carbocycles. The molecule has 0 fully saturated rings. The van der Waals surface area contributed by atoms with Gasteiger partial charge in [-0.3, -0.25) is 4.57 Å². The number of aromatic amines is 1. The van der Waals surface area contributed by atoms with Crippen molar-refractivity contribution < 1.29 is 13.2 Å². The van der Waals surface area contributed by atoms with Crippen LogP contribution in [0.4, 0.5) is 13.2 Å². The van der Waals surface area contributed by atoms with E-state index in [1.165, 1.54) is 22.8 Å². The first-order valence-electron chi connectivity index (χ1n) is 5.53. The van der Waals surface area contributed by atoms with Gasteiger partial charge in [0.1, 0.15) is 22.8 Å². The summed E-state index contributed by atoms with van der Waals surface area (Å²) in [6.45, 7) is 0. The van der Waals surface area contributed by atoms with Gasteiger partial charge in [-0.15, -0.1) is 0 Å². The van der Waals surface area contributed by atoms with Crippen molar-refractivity contribution >= 4 is 34.9 Å². The molecule has 0 saturated heterocycles. The highest BCUT2D eigenvalue weighted by atomic mass is 35.5. The SMILES string of the molecule is Fc1cc(F)c2[nH]c(=S)n(-c3c(F)cccc3Cl)c2c1. The lowest BCUT2D eigenvalue weighted by Crippen LogP contribution is -1.99. The van der Waals surface area contributed by atoms with Crippen LogP contribution in [0, 0.1) is 22.2 Å². The van der Waals surface area contributed by atoms with E-state index in [2.05, 4.69) is 4.98 Å². The molecule has 102 valence electrons. The summed E-state index contributed by atoms with van der Waals surface area (Å²) in [5, 5.41) is 0.0895. The van der Waals surface area contributed by atoms with Crippen LogP contribution in [-0.4, -0.2) is 9.55 Å². The monoisotopic (exact) mass is 314 g/mol. The van der Waals surface area contributed by atoms with E-state index in [0.29, 0.717) is 0 Å². The van der Waals surface area contributed by atoms with Crippen LogP contribution >= 0.6 is 23.8 Å². The Hall–Kier alpha value is -1.79. The molecule has 1 aromatic heterocycles. The van der Waals surface area contributed by atoms with Crippen LogP contribution in [0.2, 0.25) is 5.02 Å². The van der Waals surface area contributed by atoms with E-state index in [1.807, 2.05) is 0 Å². The third-order valence-corrected chi connectivity index (χ3v) is 3.46. The van der Waals surface area contributed by atoms with Gasteiger partial charge >= 0.3 is 0 Å². The normalized spacial score (nSPS) is 11.2. The maximum Gasteiger partial charge on any atom is 0.182 e. The number of hydrogen-bond acceptors (Lipinski definition) is 1. The zero-order chi connectivity index (χ0) is 14.4. The first kappa shape index (κ1) is 13.2. The number of rotatable bonds is 1. The minimum absolute atomic E-state index is 0.00396. The molecule has 2 nitrogen and oxygen atoms in total. The van der Waals surface area contributed by atoms with Gasteiger partial charge in [0.25, 0.3) is 0 Å². The lowest BCUT2D eigenvalue weighted by Gasteiger charge is -2.08. The van der Waals surface area contributed by atoms with E-state index in [1.54, 1.807) is 0 Å². The van der Waals surface area contributed by atoms with Crippen molar-refractivity contribution in [3.05, 3.63) is 57.6 Å². The molecule has 0 spiro atoms. The third-order valence-electron chi connectivity index (χ3n) is 2.87. The van der Waals surface area contributed by atoms with Crippen molar-refractivity contribution in [3.8, 4) is 5.69 Å². The number of halogens is 4. The molecule has 0 unspecified atom stereocenters. The molecule has 0 amide bonds. The number of H-pyrrole nitrogens is 1. The number of imidazole rings is 1. The minimum atomic E-state index is -0.808. The Morgan fingerprint density at radius 2 is 1.85 bits per heavy atom. The van der Waals surface area contributed by atoms with Crippen molar-refractivity contribution in [2.45, 2.75) is 0 Å². The smallest absolute Gasteiger partial charge is 0.182 e. The zero-order valence-corrected chi connectivity index (χ0v) is 11.3. The Morgan fingerprint density at radius 1 is 1.10 bits per heavy atom. The summed E-state index contributed by atoms with van der Waals surface area (Å²) < 4.78 is 42.2. The fourth-order valence-electron chi connectivity index (χ4n) is 2.06. The molecule has 3 rings (SSSR count). The van der Waals surface area contributed by atoms with Gasteiger partial charge in [-0.2, -0.15) is 0 Å². The van der Waals surface area contributed by atoms with Crippen LogP contribution in [0.15, 0.2) is 30.3 Å². The molecule has 0 radical (unpaired) electrons. The summed E-state index contributed by atoms with van der Waals surface area (Å²) >= 11 is 11.0. The van der Waals surface area contributed by atoms with Gasteiger partial charge in [0.2, 0.25) is 0 Å². The van der Waals surface area contributed by atoms with E-state index in [0.717, 1.165) is 12.1 Å². The third kappa shape index (κ3) is 1.92. The average Bonchev–Trinajstić information content (AvgIpc) is 2.67. The number of aromatic nitrogens is 2. The van der Waals surface area contributed by atoms with E-state index < -0.39 is 17.5 Å². The molecule has 3 aromatic rings. The summed E-state index contributed by atoms with van der Waals surface area (Å²) in [4.78, 5) is 2.59. The van der Waals surface area contributed by atoms with Crippen molar-refractivity contribution in [3.63, 3.8) is 0 Å². The molecule has 1 N–H and O–H groups in total. The quantitative estimate of drug-likeness (QED) is 0.642. The highest BCUT2D eigenvalue weighted by Gasteiger charge is 2.17. The topological polar surface area (TPSA) is 20.7 Å². The molecule has 0 bridgehead atoms. The minimum Gasteiger partial charge on any atom is -0.328 e. The van der Waals surface area contributed by atoms with Crippen molar-refractivity contribution in [1.82, 2.24) is 9.55 Å². The standard InChI is InChI=1S/C13H6ClF3N2S/c14-7-2-1-3-8(16)12(7)19-10-5-6(15)4-9(17)11(10)18-13(19)20/h1-5H,(H,18,20). The largest absolute Gasteiger partial charge is 0.328 e. The summed E-state index contributed by atoms with van der Waals surface area (Å²) in [5.41, 5.74) is 0.0330. The summed E-state index contributed by atoms with van der Waals surface area (Å²) in [6.07, 6.45) is 0. The number of hydrogen-bond donors (Lipinski definition) is 1. The zero-order valence-electron chi connectivity index (χ0n) is 9.75. The number of fused-ring (bicyclic) bond motifs is 1. The van der Waals surface area contributed by atoms with Crippen molar-refractivity contribution in [2.24, 2.45) is 0 Å². The van der Waals surface area contributed by atoms with Crippen LogP contribution in [0.5, 0.6) is 0 Å². The molecular weight excluding hydrogens is 309 g/mol. The fraction of sp³-hybridized carbons (Fsp3) is 0. The molecule has 0 aliphatic heterocycles. The van der Waals surface area contributed by atoms with E-state index in [9.17, 15) is 13.2 Å². The molecule has 7 heteroatoms. The summed E-state index contributed by atoms with van der Waals surface area (Å²) in [7, 11) is 0. The lowest BCUT2D eigenvalue weighted by atomic mass is 10.2. The second-order valence-corrected chi connectivity index (χ2v) is 4.91. The molecular formula is C13H6ClF3N2S.